The zero-order valence-corrected chi connectivity index (χ0v) is 20.3. The van der Waals surface area contributed by atoms with Crippen molar-refractivity contribution in [2.45, 2.75) is 81.1 Å². The summed E-state index contributed by atoms with van der Waals surface area (Å²) < 4.78 is 0. The van der Waals surface area contributed by atoms with Crippen molar-refractivity contribution in [3.63, 3.8) is 0 Å². The molecular formula is C26H41NO3. The number of carbonyl (C=O) groups excluding carboxylic acids is 1. The third-order valence-electron chi connectivity index (χ3n) is 3.91. The van der Waals surface area contributed by atoms with E-state index in [0.717, 1.165) is 24.0 Å². The van der Waals surface area contributed by atoms with Crippen molar-refractivity contribution in [1.82, 2.24) is 4.98 Å². The van der Waals surface area contributed by atoms with E-state index in [1.807, 2.05) is 59.8 Å². The number of aromatic nitrogens is 1. The Bertz CT molecular complexity index is 747. The number of allylic oxidation sites excluding steroid dienone is 2. The summed E-state index contributed by atoms with van der Waals surface area (Å²) in [6, 6.07) is 9.71. The lowest BCUT2D eigenvalue weighted by molar-refractivity contribution is 0.101. The molecule has 0 saturated carbocycles. The molecule has 2 N–H and O–H groups in total. The molecule has 0 aliphatic carbocycles. The van der Waals surface area contributed by atoms with Gasteiger partial charge < -0.3 is 10.2 Å². The maximum Gasteiger partial charge on any atom is 0.181 e. The van der Waals surface area contributed by atoms with Gasteiger partial charge >= 0.3 is 0 Å². The highest BCUT2D eigenvalue weighted by Gasteiger charge is 2.10. The molecule has 0 radical (unpaired) electrons. The number of nitrogens with zero attached hydrogens (tertiary/aromatic N) is 1. The van der Waals surface area contributed by atoms with Crippen LogP contribution in [0.3, 0.4) is 0 Å². The maximum atomic E-state index is 11.2. The average molecular weight is 416 g/mol. The van der Waals surface area contributed by atoms with Gasteiger partial charge in [0.1, 0.15) is 11.4 Å². The van der Waals surface area contributed by atoms with Gasteiger partial charge in [-0.25, -0.2) is 4.98 Å². The molecule has 4 heteroatoms. The van der Waals surface area contributed by atoms with Gasteiger partial charge in [-0.1, -0.05) is 79.7 Å². The highest BCUT2D eigenvalue weighted by atomic mass is 16.3. The predicted octanol–water partition coefficient (Wildman–Crippen LogP) is 8.08. The Balaban J connectivity index is 0. The number of benzene rings is 1. The number of aliphatic hydroxyl groups excluding tert-OH is 1. The number of pyridine rings is 1. The standard InChI is InChI=1S/C16H17NO2.C6H12O.2C2H6/c1-10(2)12-4-6-13(7-5-12)14-8-15(19)16(11(3)18)17-9-14;1-3-5-6(7)4-2;2*1-2/h4-10,19H,1-3H3;5,7H,3-4H2,1-2H3;2*1-2H3. The highest BCUT2D eigenvalue weighted by Crippen LogP contribution is 2.26. The second-order valence-corrected chi connectivity index (χ2v) is 6.38. The Morgan fingerprint density at radius 1 is 1.03 bits per heavy atom. The Hall–Kier alpha value is -2.62. The third kappa shape index (κ3) is 10.8. The van der Waals surface area contributed by atoms with Gasteiger partial charge in [-0.3, -0.25) is 4.79 Å². The molecule has 30 heavy (non-hydrogen) atoms. The van der Waals surface area contributed by atoms with E-state index >= 15 is 0 Å². The van der Waals surface area contributed by atoms with Crippen LogP contribution in [-0.4, -0.2) is 21.0 Å². The van der Waals surface area contributed by atoms with E-state index in [0.29, 0.717) is 11.7 Å². The van der Waals surface area contributed by atoms with Crippen molar-refractivity contribution in [1.29, 1.82) is 0 Å². The van der Waals surface area contributed by atoms with Crippen LogP contribution in [0, 0.1) is 0 Å². The molecule has 168 valence electrons. The molecule has 0 spiro atoms. The molecule has 0 atom stereocenters. The molecule has 1 heterocycles. The fourth-order valence-electron chi connectivity index (χ4n) is 2.32. The number of aromatic hydroxyl groups is 1. The van der Waals surface area contributed by atoms with E-state index < -0.39 is 0 Å². The van der Waals surface area contributed by atoms with Gasteiger partial charge in [0.25, 0.3) is 0 Å². The molecule has 2 rings (SSSR count). The summed E-state index contributed by atoms with van der Waals surface area (Å²) >= 11 is 0. The lowest BCUT2D eigenvalue weighted by Crippen LogP contribution is -1.97. The minimum Gasteiger partial charge on any atom is -0.513 e. The van der Waals surface area contributed by atoms with Crippen LogP contribution in [0.4, 0.5) is 0 Å². The van der Waals surface area contributed by atoms with Gasteiger partial charge in [-0.15, -0.1) is 0 Å². The lowest BCUT2D eigenvalue weighted by atomic mass is 9.99. The first-order valence-corrected chi connectivity index (χ1v) is 11.0. The van der Waals surface area contributed by atoms with E-state index in [9.17, 15) is 9.90 Å². The molecule has 0 fully saturated rings. The number of hydrogen-bond acceptors (Lipinski definition) is 4. The molecule has 0 saturated heterocycles. The molecule has 4 nitrogen and oxygen atoms in total. The van der Waals surface area contributed by atoms with Crippen molar-refractivity contribution in [3.8, 4) is 16.9 Å². The Kier molecular flexibility index (Phi) is 17.0. The molecule has 0 unspecified atom stereocenters. The molecule has 1 aromatic carbocycles. The molecular weight excluding hydrogens is 374 g/mol. The highest BCUT2D eigenvalue weighted by molar-refractivity contribution is 5.95. The molecule has 0 bridgehead atoms. The zero-order valence-electron chi connectivity index (χ0n) is 20.3. The summed E-state index contributed by atoms with van der Waals surface area (Å²) in [7, 11) is 0. The summed E-state index contributed by atoms with van der Waals surface area (Å²) in [4.78, 5) is 15.2. The first-order valence-electron chi connectivity index (χ1n) is 11.0. The summed E-state index contributed by atoms with van der Waals surface area (Å²) in [5.41, 5.74) is 3.16. The Labute approximate surface area is 183 Å². The molecule has 2 aromatic rings. The molecule has 0 aliphatic heterocycles. The SMILES string of the molecule is CC.CC.CC(=O)c1ncc(-c2ccc(C(C)C)cc2)cc1O.CCC=C(O)CC. The van der Waals surface area contributed by atoms with Crippen LogP contribution in [0.2, 0.25) is 0 Å². The number of Topliss-reactive ketones (excluding diaryl/α,β-unsaturated/α-hetero) is 1. The van der Waals surface area contributed by atoms with E-state index in [2.05, 4.69) is 31.0 Å². The second kappa shape index (κ2) is 17.3. The zero-order chi connectivity index (χ0) is 23.7. The van der Waals surface area contributed by atoms with E-state index in [-0.39, 0.29) is 17.2 Å². The van der Waals surface area contributed by atoms with Crippen LogP contribution < -0.4 is 0 Å². The van der Waals surface area contributed by atoms with E-state index in [4.69, 9.17) is 5.11 Å². The first-order chi connectivity index (χ1) is 14.3. The van der Waals surface area contributed by atoms with Crippen molar-refractivity contribution < 1.29 is 15.0 Å². The van der Waals surface area contributed by atoms with Crippen LogP contribution in [0.15, 0.2) is 48.4 Å². The minimum absolute atomic E-state index is 0.0714. The topological polar surface area (TPSA) is 70.4 Å². The van der Waals surface area contributed by atoms with Crippen LogP contribution in [-0.2, 0) is 0 Å². The number of hydrogen-bond donors (Lipinski definition) is 2. The smallest absolute Gasteiger partial charge is 0.181 e. The van der Waals surface area contributed by atoms with Gasteiger partial charge in [0.15, 0.2) is 5.78 Å². The fourth-order valence-corrected chi connectivity index (χ4v) is 2.32. The predicted molar refractivity (Wildman–Crippen MR) is 129 cm³/mol. The number of carbonyl (C=O) groups is 1. The van der Waals surface area contributed by atoms with E-state index in [1.165, 1.54) is 12.5 Å². The molecule has 1 aromatic heterocycles. The van der Waals surface area contributed by atoms with Crippen LogP contribution in [0.5, 0.6) is 5.75 Å². The average Bonchev–Trinajstić information content (AvgIpc) is 2.77. The normalized spacial score (nSPS) is 10.0. The summed E-state index contributed by atoms with van der Waals surface area (Å²) in [6.45, 7) is 17.6. The van der Waals surface area contributed by atoms with Crippen LogP contribution >= 0.6 is 0 Å². The number of rotatable bonds is 5. The molecule has 0 aliphatic rings. The van der Waals surface area contributed by atoms with Crippen LogP contribution in [0.25, 0.3) is 11.1 Å². The monoisotopic (exact) mass is 415 g/mol. The quantitative estimate of drug-likeness (QED) is 0.382. The van der Waals surface area contributed by atoms with Crippen molar-refractivity contribution in [3.05, 3.63) is 59.6 Å². The van der Waals surface area contributed by atoms with Gasteiger partial charge in [-0.2, -0.15) is 0 Å². The minimum atomic E-state index is -0.237. The largest absolute Gasteiger partial charge is 0.513 e. The van der Waals surface area contributed by atoms with Crippen LogP contribution in [0.1, 0.15) is 97.1 Å². The van der Waals surface area contributed by atoms with E-state index in [1.54, 1.807) is 12.3 Å². The van der Waals surface area contributed by atoms with Gasteiger partial charge in [0.2, 0.25) is 0 Å². The summed E-state index contributed by atoms with van der Waals surface area (Å²) in [6.07, 6.45) is 5.12. The number of ketones is 1. The van der Waals surface area contributed by atoms with Gasteiger partial charge in [0, 0.05) is 25.1 Å². The maximum absolute atomic E-state index is 11.2. The van der Waals surface area contributed by atoms with Crippen molar-refractivity contribution in [2.24, 2.45) is 0 Å². The summed E-state index contributed by atoms with van der Waals surface area (Å²) in [5, 5.41) is 18.5. The Morgan fingerprint density at radius 3 is 1.90 bits per heavy atom. The van der Waals surface area contributed by atoms with Crippen molar-refractivity contribution in [2.75, 3.05) is 0 Å². The van der Waals surface area contributed by atoms with Crippen molar-refractivity contribution >= 4 is 5.78 Å². The Morgan fingerprint density at radius 2 is 1.57 bits per heavy atom. The lowest BCUT2D eigenvalue weighted by Gasteiger charge is -2.08. The third-order valence-corrected chi connectivity index (χ3v) is 3.91. The first kappa shape index (κ1) is 29.6. The number of aliphatic hydroxyl groups is 1. The molecule has 0 amide bonds. The second-order valence-electron chi connectivity index (χ2n) is 6.38. The fraction of sp³-hybridized carbons (Fsp3) is 0.462. The van der Waals surface area contributed by atoms with Gasteiger partial charge in [-0.05, 0) is 35.6 Å². The van der Waals surface area contributed by atoms with Gasteiger partial charge in [0.05, 0.1) is 5.76 Å². The summed E-state index contributed by atoms with van der Waals surface area (Å²) in [5.74, 6) is 0.681.